The molecule has 1 heterocycles. The highest BCUT2D eigenvalue weighted by Gasteiger charge is 2.20. The van der Waals surface area contributed by atoms with Crippen LogP contribution < -0.4 is 10.5 Å². The molecule has 0 aliphatic carbocycles. The molecule has 0 spiro atoms. The SMILES string of the molecule is CC(N)C(=O)c1cc(Br)c2c(c1)CCO2. The van der Waals surface area contributed by atoms with E-state index in [0.717, 1.165) is 22.2 Å². The summed E-state index contributed by atoms with van der Waals surface area (Å²) in [4.78, 5) is 11.7. The van der Waals surface area contributed by atoms with Crippen LogP contribution in [0.4, 0.5) is 0 Å². The second-order valence-electron chi connectivity index (χ2n) is 3.70. The Morgan fingerprint density at radius 1 is 1.60 bits per heavy atom. The highest BCUT2D eigenvalue weighted by atomic mass is 79.9. The van der Waals surface area contributed by atoms with Crippen molar-refractivity contribution in [1.29, 1.82) is 0 Å². The first-order chi connectivity index (χ1) is 7.09. The van der Waals surface area contributed by atoms with Gasteiger partial charge in [-0.1, -0.05) is 0 Å². The van der Waals surface area contributed by atoms with Gasteiger partial charge in [-0.05, 0) is 40.5 Å². The van der Waals surface area contributed by atoms with E-state index in [0.29, 0.717) is 12.2 Å². The van der Waals surface area contributed by atoms with Crippen LogP contribution >= 0.6 is 15.9 Å². The van der Waals surface area contributed by atoms with Crippen molar-refractivity contribution in [2.75, 3.05) is 6.61 Å². The fourth-order valence-electron chi connectivity index (χ4n) is 1.67. The van der Waals surface area contributed by atoms with Crippen LogP contribution in [0.2, 0.25) is 0 Å². The van der Waals surface area contributed by atoms with Crippen LogP contribution in [0, 0.1) is 0 Å². The van der Waals surface area contributed by atoms with Gasteiger partial charge in [-0.15, -0.1) is 0 Å². The third-order valence-corrected chi connectivity index (χ3v) is 3.03. The summed E-state index contributed by atoms with van der Waals surface area (Å²) in [6, 6.07) is 3.19. The molecule has 0 amide bonds. The van der Waals surface area contributed by atoms with Gasteiger partial charge in [0.2, 0.25) is 0 Å². The first kappa shape index (κ1) is 10.6. The van der Waals surface area contributed by atoms with Crippen molar-refractivity contribution in [2.24, 2.45) is 5.73 Å². The van der Waals surface area contributed by atoms with Gasteiger partial charge in [0.05, 0.1) is 17.1 Å². The molecule has 80 valence electrons. The Morgan fingerprint density at radius 2 is 2.33 bits per heavy atom. The molecule has 0 saturated heterocycles. The van der Waals surface area contributed by atoms with Crippen LogP contribution in [0.1, 0.15) is 22.8 Å². The Kier molecular flexibility index (Phi) is 2.80. The highest BCUT2D eigenvalue weighted by molar-refractivity contribution is 9.10. The summed E-state index contributed by atoms with van der Waals surface area (Å²) in [5, 5.41) is 0. The van der Waals surface area contributed by atoms with Gasteiger partial charge in [0.1, 0.15) is 5.75 Å². The number of carbonyl (C=O) groups is 1. The summed E-state index contributed by atoms with van der Waals surface area (Å²) in [6.45, 7) is 2.38. The zero-order valence-corrected chi connectivity index (χ0v) is 10.0. The summed E-state index contributed by atoms with van der Waals surface area (Å²) in [6.07, 6.45) is 0.855. The predicted molar refractivity (Wildman–Crippen MR) is 61.3 cm³/mol. The molecule has 0 radical (unpaired) electrons. The topological polar surface area (TPSA) is 52.3 Å². The molecule has 1 aliphatic rings. The third-order valence-electron chi connectivity index (χ3n) is 2.44. The fraction of sp³-hybridized carbons (Fsp3) is 0.364. The molecule has 1 unspecified atom stereocenters. The Balaban J connectivity index is 2.44. The number of rotatable bonds is 2. The zero-order valence-electron chi connectivity index (χ0n) is 8.42. The number of hydrogen-bond donors (Lipinski definition) is 1. The minimum Gasteiger partial charge on any atom is -0.492 e. The fourth-order valence-corrected chi connectivity index (χ4v) is 2.28. The van der Waals surface area contributed by atoms with Crippen molar-refractivity contribution in [1.82, 2.24) is 0 Å². The molecule has 2 rings (SSSR count). The summed E-state index contributed by atoms with van der Waals surface area (Å²) in [7, 11) is 0. The zero-order chi connectivity index (χ0) is 11.0. The maximum atomic E-state index is 11.7. The molecule has 0 saturated carbocycles. The lowest BCUT2D eigenvalue weighted by atomic mass is 10.0. The highest BCUT2D eigenvalue weighted by Crippen LogP contribution is 2.35. The van der Waals surface area contributed by atoms with E-state index in [4.69, 9.17) is 10.5 Å². The van der Waals surface area contributed by atoms with Crippen molar-refractivity contribution in [3.05, 3.63) is 27.7 Å². The van der Waals surface area contributed by atoms with Crippen LogP contribution in [0.15, 0.2) is 16.6 Å². The van der Waals surface area contributed by atoms with Crippen LogP contribution in [-0.4, -0.2) is 18.4 Å². The molecular formula is C11H12BrNO2. The minimum absolute atomic E-state index is 0.0367. The van der Waals surface area contributed by atoms with Gasteiger partial charge in [-0.3, -0.25) is 4.79 Å². The van der Waals surface area contributed by atoms with E-state index in [-0.39, 0.29) is 5.78 Å². The molecule has 15 heavy (non-hydrogen) atoms. The number of fused-ring (bicyclic) bond motifs is 1. The van der Waals surface area contributed by atoms with Gasteiger partial charge >= 0.3 is 0 Å². The van der Waals surface area contributed by atoms with Crippen molar-refractivity contribution >= 4 is 21.7 Å². The van der Waals surface area contributed by atoms with Gasteiger partial charge in [-0.2, -0.15) is 0 Å². The Hall–Kier alpha value is -0.870. The van der Waals surface area contributed by atoms with Crippen molar-refractivity contribution < 1.29 is 9.53 Å². The number of hydrogen-bond acceptors (Lipinski definition) is 3. The third kappa shape index (κ3) is 1.92. The first-order valence-electron chi connectivity index (χ1n) is 4.84. The van der Waals surface area contributed by atoms with Gasteiger partial charge in [0.15, 0.2) is 5.78 Å². The predicted octanol–water partition coefficient (Wildman–Crippen LogP) is 1.91. The maximum Gasteiger partial charge on any atom is 0.179 e. The maximum absolute atomic E-state index is 11.7. The lowest BCUT2D eigenvalue weighted by molar-refractivity contribution is 0.0968. The number of Topliss-reactive ketones (excluding diaryl/α,β-unsaturated/α-hetero) is 1. The largest absolute Gasteiger partial charge is 0.492 e. The van der Waals surface area contributed by atoms with Gasteiger partial charge in [0.25, 0.3) is 0 Å². The Labute approximate surface area is 96.7 Å². The standard InChI is InChI=1S/C11H12BrNO2/c1-6(13)10(14)8-4-7-2-3-15-11(7)9(12)5-8/h4-6H,2-3,13H2,1H3. The molecule has 2 N–H and O–H groups in total. The molecule has 0 fully saturated rings. The molecule has 3 nitrogen and oxygen atoms in total. The average molecular weight is 270 g/mol. The number of ketones is 1. The molecule has 0 aromatic heterocycles. The lowest BCUT2D eigenvalue weighted by Crippen LogP contribution is -2.26. The van der Waals surface area contributed by atoms with Crippen molar-refractivity contribution in [3.8, 4) is 5.75 Å². The van der Waals surface area contributed by atoms with E-state index >= 15 is 0 Å². The molecule has 1 aliphatic heterocycles. The quantitative estimate of drug-likeness (QED) is 0.835. The minimum atomic E-state index is -0.461. The van der Waals surface area contributed by atoms with Gasteiger partial charge in [0, 0.05) is 12.0 Å². The average Bonchev–Trinajstić information content (AvgIpc) is 2.64. The van der Waals surface area contributed by atoms with Crippen LogP contribution in [-0.2, 0) is 6.42 Å². The summed E-state index contributed by atoms with van der Waals surface area (Å²) in [5.74, 6) is 0.821. The van der Waals surface area contributed by atoms with E-state index in [1.165, 1.54) is 0 Å². The number of benzene rings is 1. The van der Waals surface area contributed by atoms with Crippen LogP contribution in [0.3, 0.4) is 0 Å². The molecule has 0 bridgehead atoms. The van der Waals surface area contributed by atoms with Crippen LogP contribution in [0.5, 0.6) is 5.75 Å². The second-order valence-corrected chi connectivity index (χ2v) is 4.55. The molecule has 1 atom stereocenters. The van der Waals surface area contributed by atoms with Gasteiger partial charge < -0.3 is 10.5 Å². The number of nitrogens with two attached hydrogens (primary N) is 1. The first-order valence-corrected chi connectivity index (χ1v) is 5.64. The second kappa shape index (κ2) is 3.94. The van der Waals surface area contributed by atoms with Crippen LogP contribution in [0.25, 0.3) is 0 Å². The smallest absolute Gasteiger partial charge is 0.179 e. The molecule has 1 aromatic rings. The van der Waals surface area contributed by atoms with E-state index in [1.807, 2.05) is 6.07 Å². The van der Waals surface area contributed by atoms with E-state index in [9.17, 15) is 4.79 Å². The summed E-state index contributed by atoms with van der Waals surface area (Å²) < 4.78 is 6.27. The van der Waals surface area contributed by atoms with E-state index in [1.54, 1.807) is 13.0 Å². The normalized spacial score (nSPS) is 15.7. The Bertz CT molecular complexity index is 415. The monoisotopic (exact) mass is 269 g/mol. The van der Waals surface area contributed by atoms with Crippen molar-refractivity contribution in [3.63, 3.8) is 0 Å². The molecule has 4 heteroatoms. The van der Waals surface area contributed by atoms with Crippen molar-refractivity contribution in [2.45, 2.75) is 19.4 Å². The number of halogens is 1. The van der Waals surface area contributed by atoms with E-state index < -0.39 is 6.04 Å². The molecular weight excluding hydrogens is 258 g/mol. The molecule has 1 aromatic carbocycles. The lowest BCUT2D eigenvalue weighted by Gasteiger charge is -2.08. The number of ether oxygens (including phenoxy) is 1. The summed E-state index contributed by atoms with van der Waals surface area (Å²) in [5.41, 5.74) is 7.30. The number of carbonyl (C=O) groups excluding carboxylic acids is 1. The van der Waals surface area contributed by atoms with Gasteiger partial charge in [-0.25, -0.2) is 0 Å². The summed E-state index contributed by atoms with van der Waals surface area (Å²) >= 11 is 3.40. The Morgan fingerprint density at radius 3 is 3.00 bits per heavy atom. The van der Waals surface area contributed by atoms with E-state index in [2.05, 4.69) is 15.9 Å².